The molecule has 1 unspecified atom stereocenters. The maximum absolute atomic E-state index is 9.82. The number of rotatable bonds is 2. The van der Waals surface area contributed by atoms with Crippen molar-refractivity contribution >= 4 is 0 Å². The van der Waals surface area contributed by atoms with Gasteiger partial charge in [-0.2, -0.15) is 0 Å². The lowest BCUT2D eigenvalue weighted by atomic mass is 9.91. The molecule has 0 aromatic heterocycles. The maximum atomic E-state index is 9.82. The molecule has 0 bridgehead atoms. The lowest BCUT2D eigenvalue weighted by molar-refractivity contribution is 0.435. The van der Waals surface area contributed by atoms with E-state index in [1.165, 1.54) is 5.56 Å². The quantitative estimate of drug-likeness (QED) is 0.825. The van der Waals surface area contributed by atoms with Gasteiger partial charge in [-0.3, -0.25) is 0 Å². The van der Waals surface area contributed by atoms with E-state index in [-0.39, 0.29) is 17.4 Å². The summed E-state index contributed by atoms with van der Waals surface area (Å²) in [6, 6.07) is 12.9. The van der Waals surface area contributed by atoms with E-state index in [1.807, 2.05) is 38.1 Å². The number of hydrogen-bond donors (Lipinski definition) is 2. The lowest BCUT2D eigenvalue weighted by Crippen LogP contribution is -1.97. The molecular formula is C15H16O2. The highest BCUT2D eigenvalue weighted by atomic mass is 16.3. The molecule has 0 saturated heterocycles. The normalized spacial score (nSPS) is 12.4. The third-order valence-corrected chi connectivity index (χ3v) is 3.07. The molecule has 2 heteroatoms. The van der Waals surface area contributed by atoms with Gasteiger partial charge in [0.15, 0.2) is 0 Å². The summed E-state index contributed by atoms with van der Waals surface area (Å²) < 4.78 is 0. The Morgan fingerprint density at radius 2 is 1.41 bits per heavy atom. The Bertz CT molecular complexity index is 495. The summed E-state index contributed by atoms with van der Waals surface area (Å²) in [7, 11) is 0. The second-order valence-corrected chi connectivity index (χ2v) is 4.34. The van der Waals surface area contributed by atoms with Crippen molar-refractivity contribution in [3.63, 3.8) is 0 Å². The van der Waals surface area contributed by atoms with Crippen LogP contribution in [0.3, 0.4) is 0 Å². The van der Waals surface area contributed by atoms with Gasteiger partial charge >= 0.3 is 0 Å². The maximum Gasteiger partial charge on any atom is 0.123 e. The molecule has 2 N–H and O–H groups in total. The Labute approximate surface area is 101 Å². The summed E-state index contributed by atoms with van der Waals surface area (Å²) in [5, 5.41) is 19.6. The van der Waals surface area contributed by atoms with Crippen molar-refractivity contribution in [2.75, 3.05) is 0 Å². The van der Waals surface area contributed by atoms with Gasteiger partial charge in [-0.1, -0.05) is 42.8 Å². The minimum Gasteiger partial charge on any atom is -0.508 e. The summed E-state index contributed by atoms with van der Waals surface area (Å²) in [4.78, 5) is 0. The van der Waals surface area contributed by atoms with E-state index < -0.39 is 0 Å². The zero-order valence-corrected chi connectivity index (χ0v) is 10.0. The van der Waals surface area contributed by atoms with Crippen molar-refractivity contribution in [1.82, 2.24) is 0 Å². The second kappa shape index (κ2) is 4.50. The van der Waals surface area contributed by atoms with Crippen LogP contribution in [-0.2, 0) is 0 Å². The number of benzene rings is 2. The van der Waals surface area contributed by atoms with Gasteiger partial charge in [0.2, 0.25) is 0 Å². The zero-order valence-electron chi connectivity index (χ0n) is 10.0. The molecule has 0 fully saturated rings. The molecule has 0 amide bonds. The minimum atomic E-state index is -0.0307. The third-order valence-electron chi connectivity index (χ3n) is 3.07. The largest absolute Gasteiger partial charge is 0.508 e. The van der Waals surface area contributed by atoms with Gasteiger partial charge in [-0.25, -0.2) is 0 Å². The minimum absolute atomic E-state index is 0.0307. The molecule has 0 radical (unpaired) electrons. The molecule has 0 aliphatic heterocycles. The van der Waals surface area contributed by atoms with Gasteiger partial charge in [0, 0.05) is 11.5 Å². The topological polar surface area (TPSA) is 40.5 Å². The van der Waals surface area contributed by atoms with Crippen molar-refractivity contribution < 1.29 is 10.2 Å². The van der Waals surface area contributed by atoms with Crippen LogP contribution in [0.1, 0.15) is 29.5 Å². The van der Waals surface area contributed by atoms with Crippen LogP contribution in [-0.4, -0.2) is 10.2 Å². The van der Waals surface area contributed by atoms with E-state index in [0.717, 1.165) is 5.56 Å². The highest BCUT2D eigenvalue weighted by Gasteiger charge is 2.16. The third kappa shape index (κ3) is 2.26. The predicted molar refractivity (Wildman–Crippen MR) is 68.5 cm³/mol. The van der Waals surface area contributed by atoms with Crippen LogP contribution >= 0.6 is 0 Å². The van der Waals surface area contributed by atoms with E-state index in [4.69, 9.17) is 0 Å². The molecule has 0 spiro atoms. The summed E-state index contributed by atoms with van der Waals surface area (Å²) in [6.45, 7) is 4.01. The Hall–Kier alpha value is -1.96. The van der Waals surface area contributed by atoms with Crippen LogP contribution in [0.15, 0.2) is 42.5 Å². The number of phenolic OH excluding ortho intramolecular Hbond substituents is 2. The molecule has 2 rings (SSSR count). The fourth-order valence-corrected chi connectivity index (χ4v) is 2.01. The van der Waals surface area contributed by atoms with Crippen molar-refractivity contribution in [3.05, 3.63) is 59.2 Å². The standard InChI is InChI=1S/C15H16O2/c1-10-6-8-12(9-7-10)11(2)15-13(16)4-3-5-14(15)17/h3-9,11,16-17H,1-2H3. The summed E-state index contributed by atoms with van der Waals surface area (Å²) in [5.41, 5.74) is 2.85. The average molecular weight is 228 g/mol. The fraction of sp³-hybridized carbons (Fsp3) is 0.200. The highest BCUT2D eigenvalue weighted by molar-refractivity contribution is 5.49. The Kier molecular flexibility index (Phi) is 3.05. The monoisotopic (exact) mass is 228 g/mol. The Balaban J connectivity index is 2.43. The van der Waals surface area contributed by atoms with E-state index in [0.29, 0.717) is 5.56 Å². The molecule has 17 heavy (non-hydrogen) atoms. The van der Waals surface area contributed by atoms with Gasteiger partial charge in [-0.05, 0) is 24.6 Å². The first kappa shape index (κ1) is 11.5. The van der Waals surface area contributed by atoms with Crippen molar-refractivity contribution in [1.29, 1.82) is 0 Å². The molecule has 2 aromatic rings. The smallest absolute Gasteiger partial charge is 0.123 e. The van der Waals surface area contributed by atoms with E-state index in [1.54, 1.807) is 18.2 Å². The van der Waals surface area contributed by atoms with Gasteiger partial charge in [0.05, 0.1) is 0 Å². The molecule has 2 aromatic carbocycles. The molecule has 88 valence electrons. The number of phenols is 2. The van der Waals surface area contributed by atoms with Gasteiger partial charge < -0.3 is 10.2 Å². The number of hydrogen-bond acceptors (Lipinski definition) is 2. The second-order valence-electron chi connectivity index (χ2n) is 4.34. The molecule has 0 heterocycles. The van der Waals surface area contributed by atoms with E-state index in [9.17, 15) is 10.2 Å². The van der Waals surface area contributed by atoms with Gasteiger partial charge in [0.1, 0.15) is 11.5 Å². The first-order valence-corrected chi connectivity index (χ1v) is 5.67. The van der Waals surface area contributed by atoms with Crippen molar-refractivity contribution in [2.24, 2.45) is 0 Å². The van der Waals surface area contributed by atoms with Crippen LogP contribution in [0.25, 0.3) is 0 Å². The Morgan fingerprint density at radius 3 is 1.94 bits per heavy atom. The summed E-state index contributed by atoms with van der Waals surface area (Å²) in [6.07, 6.45) is 0. The SMILES string of the molecule is Cc1ccc(C(C)c2c(O)cccc2O)cc1. The van der Waals surface area contributed by atoms with E-state index in [2.05, 4.69) is 0 Å². The van der Waals surface area contributed by atoms with Crippen LogP contribution in [0.5, 0.6) is 11.5 Å². The van der Waals surface area contributed by atoms with Crippen LogP contribution in [0, 0.1) is 6.92 Å². The predicted octanol–water partition coefficient (Wildman–Crippen LogP) is 3.56. The molecule has 2 nitrogen and oxygen atoms in total. The molecule has 0 aliphatic carbocycles. The van der Waals surface area contributed by atoms with Crippen LogP contribution in [0.4, 0.5) is 0 Å². The van der Waals surface area contributed by atoms with Crippen LogP contribution < -0.4 is 0 Å². The lowest BCUT2D eigenvalue weighted by Gasteiger charge is -2.15. The van der Waals surface area contributed by atoms with Crippen molar-refractivity contribution in [2.45, 2.75) is 19.8 Å². The average Bonchev–Trinajstić information content (AvgIpc) is 2.29. The first-order valence-electron chi connectivity index (χ1n) is 5.67. The van der Waals surface area contributed by atoms with Gasteiger partial charge in [0.25, 0.3) is 0 Å². The Morgan fingerprint density at radius 1 is 0.882 bits per heavy atom. The fourth-order valence-electron chi connectivity index (χ4n) is 2.01. The molecule has 1 atom stereocenters. The van der Waals surface area contributed by atoms with Gasteiger partial charge in [-0.15, -0.1) is 0 Å². The number of aryl methyl sites for hydroxylation is 1. The zero-order chi connectivity index (χ0) is 12.4. The highest BCUT2D eigenvalue weighted by Crippen LogP contribution is 2.37. The molecule has 0 saturated carbocycles. The summed E-state index contributed by atoms with van der Waals surface area (Å²) >= 11 is 0. The summed E-state index contributed by atoms with van der Waals surface area (Å²) in [5.74, 6) is 0.243. The number of aromatic hydroxyl groups is 2. The van der Waals surface area contributed by atoms with Crippen molar-refractivity contribution in [3.8, 4) is 11.5 Å². The molecule has 0 aliphatic rings. The molecular weight excluding hydrogens is 212 g/mol. The first-order chi connectivity index (χ1) is 8.09. The van der Waals surface area contributed by atoms with Crippen LogP contribution in [0.2, 0.25) is 0 Å². The van der Waals surface area contributed by atoms with E-state index >= 15 is 0 Å².